The van der Waals surface area contributed by atoms with Gasteiger partial charge in [0.1, 0.15) is 18.8 Å². The largest absolute Gasteiger partial charge is 0.492 e. The lowest BCUT2D eigenvalue weighted by atomic mass is 9.84. The molecule has 1 aliphatic heterocycles. The second-order valence-corrected chi connectivity index (χ2v) is 8.81. The van der Waals surface area contributed by atoms with E-state index in [-0.39, 0.29) is 31.5 Å². The van der Waals surface area contributed by atoms with Crippen molar-refractivity contribution in [2.75, 3.05) is 13.2 Å². The van der Waals surface area contributed by atoms with Crippen LogP contribution in [0.4, 0.5) is 4.79 Å². The van der Waals surface area contributed by atoms with E-state index in [1.54, 1.807) is 0 Å². The van der Waals surface area contributed by atoms with E-state index in [9.17, 15) is 14.4 Å². The summed E-state index contributed by atoms with van der Waals surface area (Å²) in [5.41, 5.74) is 1.37. The first kappa shape index (κ1) is 20.9. The highest BCUT2D eigenvalue weighted by Crippen LogP contribution is 2.33. The SMILES string of the molecule is O=C1CC(=O)N(C2CCCCC2)C(=O)N1CCOc1ccc(C2CCCCC2)cc1. The Hall–Kier alpha value is -2.37. The molecule has 3 aliphatic rings. The van der Waals surface area contributed by atoms with E-state index < -0.39 is 11.9 Å². The van der Waals surface area contributed by atoms with Crippen LogP contribution in [0.2, 0.25) is 0 Å². The minimum atomic E-state index is -0.473. The number of barbiturate groups is 1. The van der Waals surface area contributed by atoms with Gasteiger partial charge in [-0.05, 0) is 49.3 Å². The number of imide groups is 2. The lowest BCUT2D eigenvalue weighted by Gasteiger charge is -2.38. The summed E-state index contributed by atoms with van der Waals surface area (Å²) in [4.78, 5) is 40.0. The first-order valence-corrected chi connectivity index (χ1v) is 11.5. The summed E-state index contributed by atoms with van der Waals surface area (Å²) in [6, 6.07) is 7.67. The van der Waals surface area contributed by atoms with Crippen molar-refractivity contribution < 1.29 is 19.1 Å². The molecule has 4 amide bonds. The molecule has 0 N–H and O–H groups in total. The number of ether oxygens (including phenoxy) is 1. The molecule has 162 valence electrons. The third kappa shape index (κ3) is 4.68. The van der Waals surface area contributed by atoms with Crippen LogP contribution in [0.5, 0.6) is 5.75 Å². The van der Waals surface area contributed by atoms with Gasteiger partial charge < -0.3 is 4.74 Å². The fourth-order valence-corrected chi connectivity index (χ4v) is 5.10. The van der Waals surface area contributed by atoms with Gasteiger partial charge in [0.05, 0.1) is 6.54 Å². The Morgan fingerprint density at radius 3 is 2.10 bits per heavy atom. The molecule has 6 heteroatoms. The zero-order chi connectivity index (χ0) is 20.9. The number of hydrogen-bond donors (Lipinski definition) is 0. The topological polar surface area (TPSA) is 66.9 Å². The number of carbonyl (C=O) groups is 3. The predicted molar refractivity (Wildman–Crippen MR) is 113 cm³/mol. The number of urea groups is 1. The van der Waals surface area contributed by atoms with Crippen LogP contribution in [-0.2, 0) is 9.59 Å². The molecule has 0 atom stereocenters. The van der Waals surface area contributed by atoms with E-state index in [0.29, 0.717) is 5.92 Å². The molecular weight excluding hydrogens is 380 g/mol. The van der Waals surface area contributed by atoms with Gasteiger partial charge in [0.2, 0.25) is 11.8 Å². The summed E-state index contributed by atoms with van der Waals surface area (Å²) in [5, 5.41) is 0. The first-order valence-electron chi connectivity index (χ1n) is 11.5. The van der Waals surface area contributed by atoms with Crippen molar-refractivity contribution >= 4 is 17.8 Å². The Morgan fingerprint density at radius 1 is 0.800 bits per heavy atom. The van der Waals surface area contributed by atoms with Crippen LogP contribution < -0.4 is 4.74 Å². The van der Waals surface area contributed by atoms with E-state index in [4.69, 9.17) is 4.74 Å². The van der Waals surface area contributed by atoms with Crippen LogP contribution in [0.25, 0.3) is 0 Å². The summed E-state index contributed by atoms with van der Waals surface area (Å²) in [5.74, 6) is 0.618. The molecule has 0 spiro atoms. The van der Waals surface area contributed by atoms with Crippen molar-refractivity contribution in [1.29, 1.82) is 0 Å². The van der Waals surface area contributed by atoms with E-state index >= 15 is 0 Å². The highest BCUT2D eigenvalue weighted by molar-refractivity contribution is 6.14. The summed E-state index contributed by atoms with van der Waals surface area (Å²) < 4.78 is 5.81. The van der Waals surface area contributed by atoms with Gasteiger partial charge in [-0.15, -0.1) is 0 Å². The smallest absolute Gasteiger partial charge is 0.333 e. The zero-order valence-electron chi connectivity index (χ0n) is 17.7. The first-order chi connectivity index (χ1) is 14.6. The van der Waals surface area contributed by atoms with E-state index in [2.05, 4.69) is 12.1 Å². The maximum absolute atomic E-state index is 12.9. The Labute approximate surface area is 178 Å². The third-order valence-electron chi connectivity index (χ3n) is 6.79. The third-order valence-corrected chi connectivity index (χ3v) is 6.79. The summed E-state index contributed by atoms with van der Waals surface area (Å²) >= 11 is 0. The molecule has 4 rings (SSSR count). The second-order valence-electron chi connectivity index (χ2n) is 8.81. The van der Waals surface area contributed by atoms with E-state index in [1.165, 1.54) is 47.5 Å². The molecule has 1 aromatic rings. The molecule has 1 heterocycles. The van der Waals surface area contributed by atoms with Crippen molar-refractivity contribution in [2.45, 2.75) is 82.6 Å². The minimum absolute atomic E-state index is 0.0670. The molecule has 2 saturated carbocycles. The normalized spacial score (nSPS) is 21.9. The van der Waals surface area contributed by atoms with Gasteiger partial charge in [0, 0.05) is 6.04 Å². The van der Waals surface area contributed by atoms with Crippen LogP contribution in [0.3, 0.4) is 0 Å². The molecule has 1 aromatic carbocycles. The number of hydrogen-bond acceptors (Lipinski definition) is 4. The number of nitrogens with zero attached hydrogens (tertiary/aromatic N) is 2. The van der Waals surface area contributed by atoms with Gasteiger partial charge >= 0.3 is 6.03 Å². The molecule has 30 heavy (non-hydrogen) atoms. The average Bonchev–Trinajstić information content (AvgIpc) is 2.77. The molecule has 0 aromatic heterocycles. The van der Waals surface area contributed by atoms with Gasteiger partial charge in [-0.2, -0.15) is 0 Å². The van der Waals surface area contributed by atoms with Crippen molar-refractivity contribution in [1.82, 2.24) is 9.80 Å². The molecule has 6 nitrogen and oxygen atoms in total. The molecule has 0 bridgehead atoms. The number of carbonyl (C=O) groups excluding carboxylic acids is 3. The summed E-state index contributed by atoms with van der Waals surface area (Å²) in [7, 11) is 0. The van der Waals surface area contributed by atoms with Gasteiger partial charge in [-0.3, -0.25) is 19.4 Å². The Kier molecular flexibility index (Phi) is 6.70. The highest BCUT2D eigenvalue weighted by atomic mass is 16.5. The molecule has 0 unspecified atom stereocenters. The van der Waals surface area contributed by atoms with Gasteiger partial charge in [-0.1, -0.05) is 50.7 Å². The fourth-order valence-electron chi connectivity index (χ4n) is 5.10. The number of benzene rings is 1. The second kappa shape index (κ2) is 9.63. The fraction of sp³-hybridized carbons (Fsp3) is 0.625. The van der Waals surface area contributed by atoms with Crippen LogP contribution in [0, 0.1) is 0 Å². The van der Waals surface area contributed by atoms with Gasteiger partial charge in [0.15, 0.2) is 0 Å². The Bertz CT molecular complexity index is 764. The molecular formula is C24H32N2O4. The zero-order valence-corrected chi connectivity index (χ0v) is 17.7. The van der Waals surface area contributed by atoms with E-state index in [1.807, 2.05) is 12.1 Å². The summed E-state index contributed by atoms with van der Waals surface area (Å²) in [6.07, 6.45) is 11.1. The number of amides is 4. The quantitative estimate of drug-likeness (QED) is 0.639. The monoisotopic (exact) mass is 412 g/mol. The lowest BCUT2D eigenvalue weighted by Crippen LogP contribution is -2.59. The van der Waals surface area contributed by atoms with Crippen LogP contribution in [0.15, 0.2) is 24.3 Å². The maximum Gasteiger partial charge on any atom is 0.333 e. The molecule has 2 aliphatic carbocycles. The van der Waals surface area contributed by atoms with Gasteiger partial charge in [-0.25, -0.2) is 4.79 Å². The predicted octanol–water partition coefficient (Wildman–Crippen LogP) is 4.63. The van der Waals surface area contributed by atoms with Crippen LogP contribution >= 0.6 is 0 Å². The Morgan fingerprint density at radius 2 is 1.43 bits per heavy atom. The van der Waals surface area contributed by atoms with E-state index in [0.717, 1.165) is 37.9 Å². The average molecular weight is 413 g/mol. The lowest BCUT2D eigenvalue weighted by molar-refractivity contribution is -0.144. The maximum atomic E-state index is 12.9. The van der Waals surface area contributed by atoms with Crippen molar-refractivity contribution in [3.05, 3.63) is 29.8 Å². The summed E-state index contributed by atoms with van der Waals surface area (Å²) in [6.45, 7) is 0.394. The highest BCUT2D eigenvalue weighted by Gasteiger charge is 2.41. The molecule has 1 saturated heterocycles. The van der Waals surface area contributed by atoms with Crippen LogP contribution in [-0.4, -0.2) is 46.8 Å². The standard InChI is InChI=1S/C24H32N2O4/c27-22-17-23(28)26(20-9-5-2-6-10-20)24(29)25(22)15-16-30-21-13-11-19(12-14-21)18-7-3-1-4-8-18/h11-14,18,20H,1-10,15-17H2. The van der Waals surface area contributed by atoms with Crippen molar-refractivity contribution in [3.8, 4) is 5.75 Å². The molecule has 3 fully saturated rings. The van der Waals surface area contributed by atoms with Gasteiger partial charge in [0.25, 0.3) is 0 Å². The number of rotatable bonds is 6. The van der Waals surface area contributed by atoms with Crippen LogP contribution in [0.1, 0.15) is 82.1 Å². The molecule has 0 radical (unpaired) electrons. The Balaban J connectivity index is 1.31. The van der Waals surface area contributed by atoms with Crippen molar-refractivity contribution in [3.63, 3.8) is 0 Å². The van der Waals surface area contributed by atoms with Crippen molar-refractivity contribution in [2.24, 2.45) is 0 Å². The minimum Gasteiger partial charge on any atom is -0.492 e.